The minimum Gasteiger partial charge on any atom is -0.495 e. The first kappa shape index (κ1) is 23.5. The third-order valence-corrected chi connectivity index (χ3v) is 6.62. The fourth-order valence-corrected chi connectivity index (χ4v) is 4.95. The summed E-state index contributed by atoms with van der Waals surface area (Å²) in [4.78, 5) is 14.1. The van der Waals surface area contributed by atoms with E-state index in [0.29, 0.717) is 22.0 Å². The number of esters is 1. The second-order valence-electron chi connectivity index (χ2n) is 7.27. The summed E-state index contributed by atoms with van der Waals surface area (Å²) in [5.74, 6) is 0.228. The number of methoxy groups -OCH3 is 1. The number of halogens is 1. The van der Waals surface area contributed by atoms with E-state index in [-0.39, 0.29) is 23.9 Å². The quantitative estimate of drug-likeness (QED) is 0.352. The Balaban J connectivity index is 1.56. The molecule has 1 heterocycles. The Morgan fingerprint density at radius 2 is 1.82 bits per heavy atom. The van der Waals surface area contributed by atoms with Crippen molar-refractivity contribution in [3.8, 4) is 5.75 Å². The average molecular weight is 497 g/mol. The van der Waals surface area contributed by atoms with E-state index in [1.54, 1.807) is 65.6 Å². The van der Waals surface area contributed by atoms with Gasteiger partial charge in [0.1, 0.15) is 17.3 Å². The zero-order chi connectivity index (χ0) is 24.1. The molecule has 0 bridgehead atoms. The summed E-state index contributed by atoms with van der Waals surface area (Å²) in [6.45, 7) is 0.137. The number of anilines is 1. The molecule has 4 rings (SSSR count). The summed E-state index contributed by atoms with van der Waals surface area (Å²) in [6, 6.07) is 20.8. The number of benzene rings is 3. The minimum atomic E-state index is -3.84. The van der Waals surface area contributed by atoms with Gasteiger partial charge < -0.3 is 14.4 Å². The van der Waals surface area contributed by atoms with E-state index in [9.17, 15) is 13.2 Å². The van der Waals surface area contributed by atoms with Gasteiger partial charge in [0.05, 0.1) is 19.3 Å². The molecular formula is C25H21ClN2O5S. The standard InChI is InChI=1S/C25H21ClN2O5S/c1-32-22-11-4-3-10-21(22)28(25-20-9-2-5-12-23(20)34(30,31)27-25)15-16-33-24(29)14-13-18-7-6-8-19(26)17-18/h2-14,17H,15-16H2,1H3. The molecule has 0 saturated carbocycles. The number of amidine groups is 1. The fourth-order valence-electron chi connectivity index (χ4n) is 3.54. The molecule has 174 valence electrons. The molecule has 34 heavy (non-hydrogen) atoms. The van der Waals surface area contributed by atoms with Crippen LogP contribution in [-0.2, 0) is 19.6 Å². The van der Waals surface area contributed by atoms with E-state index in [0.717, 1.165) is 5.56 Å². The molecule has 1 aliphatic heterocycles. The molecule has 7 nitrogen and oxygen atoms in total. The number of ether oxygens (including phenoxy) is 2. The van der Waals surface area contributed by atoms with Crippen LogP contribution in [0.25, 0.3) is 6.08 Å². The second-order valence-corrected chi connectivity index (χ2v) is 9.27. The first-order chi connectivity index (χ1) is 16.4. The van der Waals surface area contributed by atoms with Crippen LogP contribution in [0.15, 0.2) is 88.2 Å². The van der Waals surface area contributed by atoms with Gasteiger partial charge in [0.2, 0.25) is 0 Å². The average Bonchev–Trinajstić information content (AvgIpc) is 3.11. The number of hydrogen-bond donors (Lipinski definition) is 0. The number of fused-ring (bicyclic) bond motifs is 1. The first-order valence-corrected chi connectivity index (χ1v) is 12.2. The molecule has 1 aliphatic rings. The van der Waals surface area contributed by atoms with Crippen molar-refractivity contribution in [2.45, 2.75) is 4.90 Å². The van der Waals surface area contributed by atoms with E-state index < -0.39 is 16.0 Å². The number of carbonyl (C=O) groups excluding carboxylic acids is 1. The minimum absolute atomic E-state index is 0.0159. The lowest BCUT2D eigenvalue weighted by Gasteiger charge is -2.26. The topological polar surface area (TPSA) is 85.3 Å². The maximum atomic E-state index is 12.6. The van der Waals surface area contributed by atoms with Crippen molar-refractivity contribution in [1.29, 1.82) is 0 Å². The van der Waals surface area contributed by atoms with E-state index in [4.69, 9.17) is 21.1 Å². The number of sulfonamides is 1. The molecular weight excluding hydrogens is 476 g/mol. The summed E-state index contributed by atoms with van der Waals surface area (Å²) < 4.78 is 40.1. The third-order valence-electron chi connectivity index (χ3n) is 5.06. The molecule has 0 amide bonds. The molecule has 0 unspecified atom stereocenters. The lowest BCUT2D eigenvalue weighted by atomic mass is 10.1. The Bertz CT molecular complexity index is 1390. The van der Waals surface area contributed by atoms with E-state index >= 15 is 0 Å². The number of rotatable bonds is 7. The van der Waals surface area contributed by atoms with Gasteiger partial charge in [-0.2, -0.15) is 8.42 Å². The maximum Gasteiger partial charge on any atom is 0.330 e. The van der Waals surface area contributed by atoms with E-state index in [1.165, 1.54) is 19.3 Å². The first-order valence-electron chi connectivity index (χ1n) is 10.3. The van der Waals surface area contributed by atoms with Crippen molar-refractivity contribution in [2.24, 2.45) is 4.40 Å². The van der Waals surface area contributed by atoms with Gasteiger partial charge in [0, 0.05) is 16.7 Å². The van der Waals surface area contributed by atoms with Crippen molar-refractivity contribution in [3.63, 3.8) is 0 Å². The van der Waals surface area contributed by atoms with Gasteiger partial charge in [-0.05, 0) is 48.0 Å². The molecule has 0 saturated heterocycles. The van der Waals surface area contributed by atoms with Gasteiger partial charge in [0.15, 0.2) is 5.84 Å². The SMILES string of the molecule is COc1ccccc1N(CCOC(=O)C=Cc1cccc(Cl)c1)C1=NS(=O)(=O)c2ccccc21. The van der Waals surface area contributed by atoms with Crippen LogP contribution in [0.2, 0.25) is 5.02 Å². The van der Waals surface area contributed by atoms with E-state index in [2.05, 4.69) is 4.40 Å². The summed E-state index contributed by atoms with van der Waals surface area (Å²) in [5, 5.41) is 0.565. The van der Waals surface area contributed by atoms with Crippen molar-refractivity contribution in [1.82, 2.24) is 0 Å². The van der Waals surface area contributed by atoms with Crippen LogP contribution in [-0.4, -0.2) is 40.5 Å². The Labute approximate surface area is 203 Å². The van der Waals surface area contributed by atoms with Gasteiger partial charge in [-0.1, -0.05) is 48.0 Å². The van der Waals surface area contributed by atoms with Crippen LogP contribution in [0.1, 0.15) is 11.1 Å². The van der Waals surface area contributed by atoms with Gasteiger partial charge in [0.25, 0.3) is 10.0 Å². The molecule has 3 aromatic carbocycles. The number of hydrogen-bond acceptors (Lipinski definition) is 6. The summed E-state index contributed by atoms with van der Waals surface area (Å²) >= 11 is 5.96. The van der Waals surface area contributed by atoms with Crippen molar-refractivity contribution in [2.75, 3.05) is 25.2 Å². The molecule has 0 aromatic heterocycles. The highest BCUT2D eigenvalue weighted by atomic mass is 35.5. The fraction of sp³-hybridized carbons (Fsp3) is 0.120. The Morgan fingerprint density at radius 1 is 1.06 bits per heavy atom. The molecule has 3 aromatic rings. The van der Waals surface area contributed by atoms with E-state index in [1.807, 2.05) is 12.1 Å². The Morgan fingerprint density at radius 3 is 2.62 bits per heavy atom. The summed E-state index contributed by atoms with van der Waals surface area (Å²) in [5.41, 5.74) is 1.84. The molecule has 9 heteroatoms. The lowest BCUT2D eigenvalue weighted by Crippen LogP contribution is -2.34. The smallest absolute Gasteiger partial charge is 0.330 e. The van der Waals surface area contributed by atoms with Crippen molar-refractivity contribution < 1.29 is 22.7 Å². The maximum absolute atomic E-state index is 12.6. The molecule has 0 fully saturated rings. The molecule has 0 aliphatic carbocycles. The van der Waals surface area contributed by atoms with Crippen LogP contribution in [0, 0.1) is 0 Å². The Kier molecular flexibility index (Phi) is 7.00. The Hall–Kier alpha value is -3.62. The second kappa shape index (κ2) is 10.1. The molecule has 0 radical (unpaired) electrons. The highest BCUT2D eigenvalue weighted by molar-refractivity contribution is 7.90. The number of para-hydroxylation sites is 2. The van der Waals surface area contributed by atoms with Crippen LogP contribution in [0.5, 0.6) is 5.75 Å². The van der Waals surface area contributed by atoms with Crippen LogP contribution < -0.4 is 9.64 Å². The van der Waals surface area contributed by atoms with Gasteiger partial charge in [-0.3, -0.25) is 0 Å². The number of nitrogens with zero attached hydrogens (tertiary/aromatic N) is 2. The predicted octanol–water partition coefficient (Wildman–Crippen LogP) is 4.56. The highest BCUT2D eigenvalue weighted by Crippen LogP contribution is 2.34. The third kappa shape index (κ3) is 5.13. The monoisotopic (exact) mass is 496 g/mol. The highest BCUT2D eigenvalue weighted by Gasteiger charge is 2.33. The molecule has 0 N–H and O–H groups in total. The van der Waals surface area contributed by atoms with Gasteiger partial charge in [-0.25, -0.2) is 4.79 Å². The molecule has 0 spiro atoms. The summed E-state index contributed by atoms with van der Waals surface area (Å²) in [7, 11) is -2.31. The van der Waals surface area contributed by atoms with Crippen molar-refractivity contribution >= 4 is 45.2 Å². The molecule has 0 atom stereocenters. The lowest BCUT2D eigenvalue weighted by molar-refractivity contribution is -0.137. The van der Waals surface area contributed by atoms with Gasteiger partial charge in [-0.15, -0.1) is 4.40 Å². The van der Waals surface area contributed by atoms with Crippen molar-refractivity contribution in [3.05, 3.63) is 95.0 Å². The zero-order valence-electron chi connectivity index (χ0n) is 18.2. The number of carbonyl (C=O) groups is 1. The normalized spacial score (nSPS) is 13.9. The predicted molar refractivity (Wildman–Crippen MR) is 132 cm³/mol. The zero-order valence-corrected chi connectivity index (χ0v) is 19.8. The largest absolute Gasteiger partial charge is 0.495 e. The van der Waals surface area contributed by atoms with Crippen LogP contribution >= 0.6 is 11.6 Å². The van der Waals surface area contributed by atoms with Crippen LogP contribution in [0.3, 0.4) is 0 Å². The van der Waals surface area contributed by atoms with Gasteiger partial charge >= 0.3 is 5.97 Å². The summed E-state index contributed by atoms with van der Waals surface area (Å²) in [6.07, 6.45) is 2.92. The van der Waals surface area contributed by atoms with Crippen LogP contribution in [0.4, 0.5) is 5.69 Å².